The van der Waals surface area contributed by atoms with Gasteiger partial charge in [-0.15, -0.1) is 0 Å². The third kappa shape index (κ3) is 3.68. The number of anilines is 1. The molecule has 1 fully saturated rings. The fourth-order valence-corrected chi connectivity index (χ4v) is 3.21. The van der Waals surface area contributed by atoms with Crippen LogP contribution >= 0.6 is 11.8 Å². The molecule has 1 unspecified atom stereocenters. The van der Waals surface area contributed by atoms with Crippen molar-refractivity contribution in [1.82, 2.24) is 0 Å². The molecule has 0 N–H and O–H groups in total. The van der Waals surface area contributed by atoms with E-state index >= 15 is 0 Å². The summed E-state index contributed by atoms with van der Waals surface area (Å²) in [5.41, 5.74) is 1.23. The third-order valence-corrected chi connectivity index (χ3v) is 4.65. The molecule has 1 amide bonds. The summed E-state index contributed by atoms with van der Waals surface area (Å²) >= 11 is 1.25. The molecule has 118 valence electrons. The molecule has 1 atom stereocenters. The van der Waals surface area contributed by atoms with Crippen molar-refractivity contribution in [3.05, 3.63) is 23.8 Å². The maximum absolute atomic E-state index is 12.2. The van der Waals surface area contributed by atoms with Crippen LogP contribution in [0, 0.1) is 5.92 Å². The van der Waals surface area contributed by atoms with E-state index in [1.807, 2.05) is 0 Å². The van der Waals surface area contributed by atoms with E-state index in [0.717, 1.165) is 5.69 Å². The normalized spacial score (nSPS) is 17.7. The number of methoxy groups -OCH3 is 1. The zero-order valence-corrected chi connectivity index (χ0v) is 13.7. The first-order valence-corrected chi connectivity index (χ1v) is 8.03. The van der Waals surface area contributed by atoms with Gasteiger partial charge in [0.05, 0.1) is 12.7 Å². The van der Waals surface area contributed by atoms with E-state index in [1.54, 1.807) is 23.1 Å². The van der Waals surface area contributed by atoms with Crippen molar-refractivity contribution in [2.24, 2.45) is 5.92 Å². The summed E-state index contributed by atoms with van der Waals surface area (Å²) in [5.74, 6) is 1.25. The van der Waals surface area contributed by atoms with Crippen molar-refractivity contribution in [2.75, 3.05) is 24.3 Å². The van der Waals surface area contributed by atoms with Gasteiger partial charge in [-0.05, 0) is 25.0 Å². The second-order valence-corrected chi connectivity index (χ2v) is 6.51. The average molecular weight is 321 g/mol. The highest BCUT2D eigenvalue weighted by atomic mass is 32.2. The summed E-state index contributed by atoms with van der Waals surface area (Å²) in [6.45, 7) is 3.60. The Morgan fingerprint density at radius 3 is 2.68 bits per heavy atom. The number of thioether (sulfide) groups is 1. The fourth-order valence-electron chi connectivity index (χ4n) is 2.52. The van der Waals surface area contributed by atoms with Gasteiger partial charge < -0.3 is 9.64 Å². The Balaban J connectivity index is 2.16. The topological polar surface area (TPSA) is 63.7 Å². The lowest BCUT2D eigenvalue weighted by atomic mass is 10.1. The van der Waals surface area contributed by atoms with Crippen LogP contribution in [0.4, 0.5) is 5.69 Å². The van der Waals surface area contributed by atoms with Crippen LogP contribution in [-0.2, 0) is 9.59 Å². The monoisotopic (exact) mass is 321 g/mol. The van der Waals surface area contributed by atoms with E-state index in [0.29, 0.717) is 30.0 Å². The van der Waals surface area contributed by atoms with Gasteiger partial charge in [0.25, 0.3) is 0 Å². The average Bonchev–Trinajstić information content (AvgIpc) is 2.85. The van der Waals surface area contributed by atoms with Gasteiger partial charge in [-0.1, -0.05) is 11.8 Å². The lowest BCUT2D eigenvalue weighted by Crippen LogP contribution is -2.24. The molecule has 6 heteroatoms. The van der Waals surface area contributed by atoms with Crippen molar-refractivity contribution in [3.8, 4) is 5.75 Å². The molecule has 0 saturated carbocycles. The molecule has 2 rings (SSSR count). The molecular formula is C16H19NO4S. The fraction of sp³-hybridized carbons (Fsp3) is 0.438. The molecule has 0 bridgehead atoms. The van der Waals surface area contributed by atoms with Gasteiger partial charge in [0.1, 0.15) is 5.75 Å². The number of ether oxygens (including phenoxy) is 1. The third-order valence-electron chi connectivity index (χ3n) is 3.60. The maximum Gasteiger partial charge on any atom is 0.227 e. The van der Waals surface area contributed by atoms with E-state index in [4.69, 9.17) is 4.74 Å². The van der Waals surface area contributed by atoms with Crippen LogP contribution in [0.3, 0.4) is 0 Å². The largest absolute Gasteiger partial charge is 0.496 e. The van der Waals surface area contributed by atoms with Crippen LogP contribution in [0.2, 0.25) is 0 Å². The Morgan fingerprint density at radius 2 is 2.09 bits per heavy atom. The summed E-state index contributed by atoms with van der Waals surface area (Å²) < 4.78 is 5.24. The number of amides is 1. The first-order valence-electron chi connectivity index (χ1n) is 7.05. The van der Waals surface area contributed by atoms with Crippen molar-refractivity contribution in [2.45, 2.75) is 20.3 Å². The van der Waals surface area contributed by atoms with Gasteiger partial charge in [-0.2, -0.15) is 0 Å². The van der Waals surface area contributed by atoms with E-state index in [2.05, 4.69) is 0 Å². The van der Waals surface area contributed by atoms with Crippen LogP contribution in [0.1, 0.15) is 30.6 Å². The molecule has 1 saturated heterocycles. The molecule has 1 aromatic rings. The molecule has 1 heterocycles. The smallest absolute Gasteiger partial charge is 0.227 e. The van der Waals surface area contributed by atoms with Crippen molar-refractivity contribution < 1.29 is 19.1 Å². The van der Waals surface area contributed by atoms with Gasteiger partial charge in [0.15, 0.2) is 10.9 Å². The highest BCUT2D eigenvalue weighted by Crippen LogP contribution is 2.31. The van der Waals surface area contributed by atoms with Gasteiger partial charge in [-0.3, -0.25) is 14.4 Å². The number of nitrogens with zero attached hydrogens (tertiary/aromatic N) is 1. The lowest BCUT2D eigenvalue weighted by Gasteiger charge is -2.18. The molecule has 22 heavy (non-hydrogen) atoms. The van der Waals surface area contributed by atoms with Crippen LogP contribution in [-0.4, -0.2) is 36.2 Å². The molecule has 1 aromatic carbocycles. The predicted molar refractivity (Wildman–Crippen MR) is 86.6 cm³/mol. The number of Topliss-reactive ketones (excluding diaryl/α,β-unsaturated/α-hetero) is 1. The summed E-state index contributed by atoms with van der Waals surface area (Å²) in [4.78, 5) is 36.4. The van der Waals surface area contributed by atoms with E-state index in [9.17, 15) is 14.4 Å². The number of hydrogen-bond donors (Lipinski definition) is 0. The van der Waals surface area contributed by atoms with Crippen molar-refractivity contribution >= 4 is 34.3 Å². The molecule has 0 radical (unpaired) electrons. The highest BCUT2D eigenvalue weighted by Gasteiger charge is 2.31. The summed E-state index contributed by atoms with van der Waals surface area (Å²) in [6, 6.07) is 5.16. The Kier molecular flexibility index (Phi) is 5.24. The minimum atomic E-state index is -0.0770. The first-order chi connectivity index (χ1) is 10.4. The molecule has 0 aromatic heterocycles. The van der Waals surface area contributed by atoms with Crippen LogP contribution in [0.25, 0.3) is 0 Å². The van der Waals surface area contributed by atoms with Gasteiger partial charge in [0.2, 0.25) is 5.91 Å². The summed E-state index contributed by atoms with van der Waals surface area (Å²) in [6.07, 6.45) is 0.442. The van der Waals surface area contributed by atoms with Crippen molar-refractivity contribution in [1.29, 1.82) is 0 Å². The number of hydrogen-bond acceptors (Lipinski definition) is 5. The van der Waals surface area contributed by atoms with Crippen molar-refractivity contribution in [3.63, 3.8) is 0 Å². The molecule has 1 aliphatic rings. The predicted octanol–water partition coefficient (Wildman–Crippen LogP) is 2.53. The number of benzene rings is 1. The number of carbonyl (C=O) groups excluding carboxylic acids is 3. The SMILES string of the molecule is COc1cc(N2CC(CSC(C)=O)CC2=O)ccc1C(C)=O. The van der Waals surface area contributed by atoms with E-state index in [-0.39, 0.29) is 22.7 Å². The lowest BCUT2D eigenvalue weighted by molar-refractivity contribution is -0.117. The minimum Gasteiger partial charge on any atom is -0.496 e. The van der Waals surface area contributed by atoms with Gasteiger partial charge in [0, 0.05) is 37.4 Å². The van der Waals surface area contributed by atoms with Gasteiger partial charge >= 0.3 is 0 Å². The molecular weight excluding hydrogens is 302 g/mol. The Morgan fingerprint density at radius 1 is 1.36 bits per heavy atom. The molecule has 1 aliphatic heterocycles. The highest BCUT2D eigenvalue weighted by molar-refractivity contribution is 8.13. The summed E-state index contributed by atoms with van der Waals surface area (Å²) in [5, 5.41) is 0.0679. The van der Waals surface area contributed by atoms with E-state index in [1.165, 1.54) is 32.7 Å². The van der Waals surface area contributed by atoms with Gasteiger partial charge in [-0.25, -0.2) is 0 Å². The summed E-state index contributed by atoms with van der Waals surface area (Å²) in [7, 11) is 1.50. The molecule has 5 nitrogen and oxygen atoms in total. The Bertz CT molecular complexity index is 614. The Hall–Kier alpha value is -1.82. The standard InChI is InChI=1S/C16H19NO4S/c1-10(18)14-5-4-13(7-15(14)21-3)17-8-12(6-16(17)20)9-22-11(2)19/h4-5,7,12H,6,8-9H2,1-3H3. The minimum absolute atomic E-state index is 0.0341. The Labute approximate surface area is 134 Å². The second-order valence-electron chi connectivity index (χ2n) is 5.32. The number of ketones is 1. The molecule has 0 aliphatic carbocycles. The zero-order valence-electron chi connectivity index (χ0n) is 12.9. The quantitative estimate of drug-likeness (QED) is 0.780. The van der Waals surface area contributed by atoms with Crippen LogP contribution < -0.4 is 9.64 Å². The van der Waals surface area contributed by atoms with Crippen LogP contribution in [0.15, 0.2) is 18.2 Å². The second kappa shape index (κ2) is 6.96. The number of carbonyl (C=O) groups is 3. The zero-order chi connectivity index (χ0) is 16.3. The first kappa shape index (κ1) is 16.5. The number of rotatable bonds is 5. The maximum atomic E-state index is 12.2. The van der Waals surface area contributed by atoms with Crippen LogP contribution in [0.5, 0.6) is 5.75 Å². The molecule has 0 spiro atoms. The van der Waals surface area contributed by atoms with E-state index < -0.39 is 0 Å².